The Morgan fingerprint density at radius 2 is 2.09 bits per heavy atom. The van der Waals surface area contributed by atoms with Crippen LogP contribution >= 0.6 is 0 Å². The normalized spacial score (nSPS) is 24.1. The Bertz CT molecular complexity index is 661. The summed E-state index contributed by atoms with van der Waals surface area (Å²) in [5, 5.41) is 9.41. The van der Waals surface area contributed by atoms with Crippen molar-refractivity contribution in [2.75, 3.05) is 21.3 Å². The summed E-state index contributed by atoms with van der Waals surface area (Å²) in [7, 11) is 5.03. The number of ether oxygens (including phenoxy) is 2. The number of amides is 1. The van der Waals surface area contributed by atoms with Gasteiger partial charge in [0.15, 0.2) is 0 Å². The Kier molecular flexibility index (Phi) is 3.93. The second-order valence-corrected chi connectivity index (χ2v) is 6.45. The van der Waals surface area contributed by atoms with Gasteiger partial charge in [-0.2, -0.15) is 5.26 Å². The fraction of sp³-hybridized carbons (Fsp3) is 0.556. The maximum atomic E-state index is 12.7. The third-order valence-electron chi connectivity index (χ3n) is 5.31. The van der Waals surface area contributed by atoms with E-state index in [0.717, 1.165) is 42.7 Å². The first-order chi connectivity index (χ1) is 11.1. The molecule has 0 aliphatic heterocycles. The zero-order valence-electron chi connectivity index (χ0n) is 13.8. The number of nitriles is 1. The number of methoxy groups -OCH3 is 2. The highest BCUT2D eigenvalue weighted by Crippen LogP contribution is 2.53. The monoisotopic (exact) mass is 314 g/mol. The lowest BCUT2D eigenvalue weighted by Crippen LogP contribution is -2.53. The van der Waals surface area contributed by atoms with Gasteiger partial charge in [0.1, 0.15) is 17.0 Å². The number of nitrogens with zero attached hydrogens (tertiary/aromatic N) is 2. The molecule has 2 saturated carbocycles. The van der Waals surface area contributed by atoms with E-state index in [-0.39, 0.29) is 17.7 Å². The van der Waals surface area contributed by atoms with Gasteiger partial charge in [-0.05, 0) is 43.9 Å². The maximum absolute atomic E-state index is 12.7. The van der Waals surface area contributed by atoms with E-state index < -0.39 is 5.54 Å². The topological polar surface area (TPSA) is 62.6 Å². The number of hydrogen-bond acceptors (Lipinski definition) is 4. The fourth-order valence-corrected chi connectivity index (χ4v) is 3.43. The predicted octanol–water partition coefficient (Wildman–Crippen LogP) is 2.71. The van der Waals surface area contributed by atoms with Gasteiger partial charge >= 0.3 is 0 Å². The summed E-state index contributed by atoms with van der Waals surface area (Å²) in [6.07, 6.45) is 3.38. The average molecular weight is 314 g/mol. The number of carbonyl (C=O) groups is 1. The molecule has 1 aromatic carbocycles. The fourth-order valence-electron chi connectivity index (χ4n) is 3.43. The van der Waals surface area contributed by atoms with Crippen molar-refractivity contribution in [3.63, 3.8) is 0 Å². The van der Waals surface area contributed by atoms with Crippen LogP contribution in [-0.4, -0.2) is 37.6 Å². The molecule has 1 amide bonds. The van der Waals surface area contributed by atoms with Crippen LogP contribution in [0.15, 0.2) is 18.2 Å². The second-order valence-electron chi connectivity index (χ2n) is 6.45. The van der Waals surface area contributed by atoms with Gasteiger partial charge in [0.2, 0.25) is 5.91 Å². The van der Waals surface area contributed by atoms with Gasteiger partial charge in [-0.3, -0.25) is 4.79 Å². The first-order valence-corrected chi connectivity index (χ1v) is 7.97. The number of carbonyl (C=O) groups excluding carboxylic acids is 1. The van der Waals surface area contributed by atoms with Crippen LogP contribution < -0.4 is 9.47 Å². The first kappa shape index (κ1) is 15.7. The van der Waals surface area contributed by atoms with E-state index in [1.165, 1.54) is 0 Å². The molecule has 2 aliphatic rings. The molecular weight excluding hydrogens is 292 g/mol. The third kappa shape index (κ3) is 2.52. The minimum absolute atomic E-state index is 0.0631. The highest BCUT2D eigenvalue weighted by atomic mass is 16.5. The van der Waals surface area contributed by atoms with Crippen LogP contribution in [0, 0.1) is 17.2 Å². The Balaban J connectivity index is 1.77. The van der Waals surface area contributed by atoms with E-state index in [4.69, 9.17) is 9.47 Å². The molecule has 122 valence electrons. The Morgan fingerprint density at radius 3 is 2.61 bits per heavy atom. The minimum Gasteiger partial charge on any atom is -0.497 e. The van der Waals surface area contributed by atoms with Crippen LogP contribution in [0.3, 0.4) is 0 Å². The number of benzene rings is 1. The van der Waals surface area contributed by atoms with Crippen LogP contribution in [0.5, 0.6) is 11.5 Å². The molecule has 0 spiro atoms. The zero-order chi connectivity index (χ0) is 16.6. The minimum atomic E-state index is -0.581. The summed E-state index contributed by atoms with van der Waals surface area (Å²) < 4.78 is 10.7. The maximum Gasteiger partial charge on any atom is 0.227 e. The Labute approximate surface area is 136 Å². The molecular formula is C18H22N2O3. The molecule has 5 heteroatoms. The SMILES string of the molecule is COc1ccc(OC)c([C@@H]2C[C@H]2C(=O)N(C)C2(C#N)CCC2)c1. The van der Waals surface area contributed by atoms with E-state index >= 15 is 0 Å². The van der Waals surface area contributed by atoms with Crippen LogP contribution in [0.1, 0.15) is 37.2 Å². The van der Waals surface area contributed by atoms with Crippen LogP contribution in [0.4, 0.5) is 0 Å². The van der Waals surface area contributed by atoms with Crippen molar-refractivity contribution in [1.82, 2.24) is 4.90 Å². The van der Waals surface area contributed by atoms with E-state index in [0.29, 0.717) is 0 Å². The molecule has 2 aliphatic carbocycles. The molecule has 1 aromatic rings. The molecule has 2 fully saturated rings. The quantitative estimate of drug-likeness (QED) is 0.838. The van der Waals surface area contributed by atoms with Crippen molar-refractivity contribution in [2.24, 2.45) is 5.92 Å². The molecule has 0 radical (unpaired) electrons. The van der Waals surface area contributed by atoms with Crippen molar-refractivity contribution >= 4 is 5.91 Å². The van der Waals surface area contributed by atoms with Gasteiger partial charge in [0.05, 0.1) is 20.3 Å². The van der Waals surface area contributed by atoms with Gasteiger partial charge in [-0.25, -0.2) is 0 Å². The smallest absolute Gasteiger partial charge is 0.227 e. The zero-order valence-corrected chi connectivity index (χ0v) is 13.8. The molecule has 5 nitrogen and oxygen atoms in total. The summed E-state index contributed by atoms with van der Waals surface area (Å²) in [5.41, 5.74) is 0.432. The van der Waals surface area contributed by atoms with Crippen molar-refractivity contribution in [2.45, 2.75) is 37.1 Å². The van der Waals surface area contributed by atoms with Gasteiger partial charge in [0.25, 0.3) is 0 Å². The van der Waals surface area contributed by atoms with Gasteiger partial charge < -0.3 is 14.4 Å². The second kappa shape index (κ2) is 5.77. The molecule has 0 unspecified atom stereocenters. The molecule has 0 heterocycles. The number of rotatable bonds is 5. The lowest BCUT2D eigenvalue weighted by molar-refractivity contribution is -0.137. The van der Waals surface area contributed by atoms with Gasteiger partial charge in [-0.1, -0.05) is 0 Å². The largest absolute Gasteiger partial charge is 0.497 e. The van der Waals surface area contributed by atoms with Crippen molar-refractivity contribution in [3.05, 3.63) is 23.8 Å². The van der Waals surface area contributed by atoms with Gasteiger partial charge in [0, 0.05) is 24.4 Å². The summed E-state index contributed by atoms with van der Waals surface area (Å²) in [6, 6.07) is 8.01. The summed E-state index contributed by atoms with van der Waals surface area (Å²) in [5.74, 6) is 1.70. The Hall–Kier alpha value is -2.22. The lowest BCUT2D eigenvalue weighted by atomic mass is 9.76. The van der Waals surface area contributed by atoms with Crippen molar-refractivity contribution in [3.8, 4) is 17.6 Å². The summed E-state index contributed by atoms with van der Waals surface area (Å²) in [6.45, 7) is 0. The lowest BCUT2D eigenvalue weighted by Gasteiger charge is -2.43. The van der Waals surface area contributed by atoms with E-state index in [1.807, 2.05) is 18.2 Å². The molecule has 0 N–H and O–H groups in total. The van der Waals surface area contributed by atoms with E-state index in [9.17, 15) is 10.1 Å². The standard InChI is InChI=1S/C18H22N2O3/c1-20(18(11-19)7-4-8-18)17(21)15-10-13(15)14-9-12(22-2)5-6-16(14)23-3/h5-6,9,13,15H,4,7-8,10H2,1-3H3/t13-,15+/m0/s1. The highest BCUT2D eigenvalue weighted by Gasteiger charge is 2.52. The predicted molar refractivity (Wildman–Crippen MR) is 85.4 cm³/mol. The molecule has 0 aromatic heterocycles. The summed E-state index contributed by atoms with van der Waals surface area (Å²) in [4.78, 5) is 14.4. The van der Waals surface area contributed by atoms with Crippen LogP contribution in [0.25, 0.3) is 0 Å². The average Bonchev–Trinajstić information content (AvgIpc) is 3.33. The first-order valence-electron chi connectivity index (χ1n) is 7.97. The molecule has 3 rings (SSSR count). The van der Waals surface area contributed by atoms with E-state index in [2.05, 4.69) is 6.07 Å². The van der Waals surface area contributed by atoms with Crippen molar-refractivity contribution < 1.29 is 14.3 Å². The molecule has 2 atom stereocenters. The van der Waals surface area contributed by atoms with Gasteiger partial charge in [-0.15, -0.1) is 0 Å². The Morgan fingerprint density at radius 1 is 1.35 bits per heavy atom. The van der Waals surface area contributed by atoms with Crippen LogP contribution in [0.2, 0.25) is 0 Å². The molecule has 0 saturated heterocycles. The third-order valence-corrected chi connectivity index (χ3v) is 5.31. The molecule has 23 heavy (non-hydrogen) atoms. The molecule has 0 bridgehead atoms. The van der Waals surface area contributed by atoms with Crippen molar-refractivity contribution in [1.29, 1.82) is 5.26 Å². The summed E-state index contributed by atoms with van der Waals surface area (Å²) >= 11 is 0. The van der Waals surface area contributed by atoms with E-state index in [1.54, 1.807) is 26.2 Å². The number of hydrogen-bond donors (Lipinski definition) is 0. The highest BCUT2D eigenvalue weighted by molar-refractivity contribution is 5.84. The van der Waals surface area contributed by atoms with Crippen LogP contribution in [-0.2, 0) is 4.79 Å².